The molecule has 0 atom stereocenters. The van der Waals surface area contributed by atoms with Crippen LogP contribution < -0.4 is 5.32 Å². The molecule has 0 aliphatic carbocycles. The molecule has 2 rings (SSSR count). The molecular weight excluding hydrogens is 298 g/mol. The molecule has 0 aliphatic rings. The highest BCUT2D eigenvalue weighted by Gasteiger charge is 2.14. The van der Waals surface area contributed by atoms with Crippen molar-refractivity contribution in [3.8, 4) is 11.3 Å². The number of pyridine rings is 1. The lowest BCUT2D eigenvalue weighted by Gasteiger charge is -2.30. The molecule has 0 spiro atoms. The Morgan fingerprint density at radius 2 is 1.75 bits per heavy atom. The van der Waals surface area contributed by atoms with E-state index in [4.69, 9.17) is 0 Å². The van der Waals surface area contributed by atoms with Gasteiger partial charge in [0, 0.05) is 42.5 Å². The SMILES string of the molecule is CC(C)N(CCNC(=O)c1ccnc(-c2ccccc2)c1)C(C)C. The highest BCUT2D eigenvalue weighted by molar-refractivity contribution is 5.95. The maximum Gasteiger partial charge on any atom is 0.251 e. The fourth-order valence-electron chi connectivity index (χ4n) is 2.85. The molecule has 0 aliphatic heterocycles. The largest absolute Gasteiger partial charge is 0.351 e. The van der Waals surface area contributed by atoms with Crippen LogP contribution in [0.25, 0.3) is 11.3 Å². The lowest BCUT2D eigenvalue weighted by Crippen LogP contribution is -2.42. The van der Waals surface area contributed by atoms with Gasteiger partial charge in [0.25, 0.3) is 5.91 Å². The molecule has 0 fully saturated rings. The van der Waals surface area contributed by atoms with Crippen LogP contribution in [0.2, 0.25) is 0 Å². The van der Waals surface area contributed by atoms with Crippen LogP contribution >= 0.6 is 0 Å². The van der Waals surface area contributed by atoms with Crippen LogP contribution in [0.3, 0.4) is 0 Å². The normalized spacial score (nSPS) is 11.3. The van der Waals surface area contributed by atoms with E-state index >= 15 is 0 Å². The molecule has 0 unspecified atom stereocenters. The number of hydrogen-bond acceptors (Lipinski definition) is 3. The number of nitrogens with zero attached hydrogens (tertiary/aromatic N) is 2. The second-order valence-electron chi connectivity index (χ2n) is 6.48. The summed E-state index contributed by atoms with van der Waals surface area (Å²) in [6.07, 6.45) is 1.69. The molecule has 1 amide bonds. The fourth-order valence-corrected chi connectivity index (χ4v) is 2.85. The molecule has 128 valence electrons. The first-order chi connectivity index (χ1) is 11.5. The van der Waals surface area contributed by atoms with Crippen LogP contribution in [0, 0.1) is 0 Å². The van der Waals surface area contributed by atoms with Gasteiger partial charge in [-0.2, -0.15) is 0 Å². The Morgan fingerprint density at radius 1 is 1.08 bits per heavy atom. The summed E-state index contributed by atoms with van der Waals surface area (Å²) < 4.78 is 0. The summed E-state index contributed by atoms with van der Waals surface area (Å²) >= 11 is 0. The lowest BCUT2D eigenvalue weighted by molar-refractivity contribution is 0.0939. The maximum absolute atomic E-state index is 12.4. The Morgan fingerprint density at radius 3 is 2.38 bits per heavy atom. The zero-order valence-corrected chi connectivity index (χ0v) is 15.0. The van der Waals surface area contributed by atoms with Crippen LogP contribution in [0.5, 0.6) is 0 Å². The second-order valence-corrected chi connectivity index (χ2v) is 6.48. The predicted molar refractivity (Wildman–Crippen MR) is 99.0 cm³/mol. The monoisotopic (exact) mass is 325 g/mol. The first-order valence-corrected chi connectivity index (χ1v) is 8.54. The maximum atomic E-state index is 12.4. The highest BCUT2D eigenvalue weighted by atomic mass is 16.1. The van der Waals surface area contributed by atoms with Gasteiger partial charge < -0.3 is 5.32 Å². The summed E-state index contributed by atoms with van der Waals surface area (Å²) in [6, 6.07) is 14.4. The summed E-state index contributed by atoms with van der Waals surface area (Å²) in [6.45, 7) is 10.2. The third-order valence-corrected chi connectivity index (χ3v) is 4.07. The van der Waals surface area contributed by atoms with E-state index in [0.29, 0.717) is 24.2 Å². The van der Waals surface area contributed by atoms with Gasteiger partial charge in [-0.3, -0.25) is 14.7 Å². The molecule has 4 heteroatoms. The van der Waals surface area contributed by atoms with Gasteiger partial charge in [-0.05, 0) is 39.8 Å². The van der Waals surface area contributed by atoms with Crippen LogP contribution in [0.4, 0.5) is 0 Å². The number of nitrogens with one attached hydrogen (secondary N) is 1. The minimum atomic E-state index is -0.0537. The minimum absolute atomic E-state index is 0.0537. The number of aromatic nitrogens is 1. The van der Waals surface area contributed by atoms with Crippen molar-refractivity contribution in [3.63, 3.8) is 0 Å². The third kappa shape index (κ3) is 4.90. The minimum Gasteiger partial charge on any atom is -0.351 e. The number of carbonyl (C=O) groups is 1. The van der Waals surface area contributed by atoms with Crippen molar-refractivity contribution in [2.24, 2.45) is 0 Å². The van der Waals surface area contributed by atoms with Crippen LogP contribution in [0.15, 0.2) is 48.7 Å². The number of rotatable bonds is 7. The van der Waals surface area contributed by atoms with Crippen molar-refractivity contribution < 1.29 is 4.79 Å². The Hall–Kier alpha value is -2.20. The van der Waals surface area contributed by atoms with Crippen molar-refractivity contribution in [1.82, 2.24) is 15.2 Å². The van der Waals surface area contributed by atoms with Gasteiger partial charge in [0.05, 0.1) is 5.69 Å². The summed E-state index contributed by atoms with van der Waals surface area (Å²) in [5, 5.41) is 3.01. The van der Waals surface area contributed by atoms with Gasteiger partial charge in [0.2, 0.25) is 0 Å². The Kier molecular flexibility index (Phi) is 6.50. The molecule has 0 bridgehead atoms. The van der Waals surface area contributed by atoms with Crippen molar-refractivity contribution >= 4 is 5.91 Å². The predicted octanol–water partition coefficient (Wildman–Crippen LogP) is 3.60. The molecule has 1 aromatic heterocycles. The van der Waals surface area contributed by atoms with Crippen LogP contribution in [-0.4, -0.2) is 41.0 Å². The number of benzene rings is 1. The summed E-state index contributed by atoms with van der Waals surface area (Å²) in [4.78, 5) is 19.1. The van der Waals surface area contributed by atoms with Crippen LogP contribution in [0.1, 0.15) is 38.1 Å². The molecule has 1 N–H and O–H groups in total. The first-order valence-electron chi connectivity index (χ1n) is 8.54. The van der Waals surface area contributed by atoms with E-state index in [0.717, 1.165) is 17.8 Å². The zero-order chi connectivity index (χ0) is 17.5. The summed E-state index contributed by atoms with van der Waals surface area (Å²) in [5.41, 5.74) is 2.47. The van der Waals surface area contributed by atoms with Crippen molar-refractivity contribution in [3.05, 3.63) is 54.2 Å². The molecular formula is C20H27N3O. The smallest absolute Gasteiger partial charge is 0.251 e. The van der Waals surface area contributed by atoms with E-state index in [2.05, 4.69) is 42.9 Å². The molecule has 24 heavy (non-hydrogen) atoms. The van der Waals surface area contributed by atoms with Crippen molar-refractivity contribution in [2.45, 2.75) is 39.8 Å². The molecule has 2 aromatic rings. The zero-order valence-electron chi connectivity index (χ0n) is 15.0. The average Bonchev–Trinajstić information content (AvgIpc) is 2.58. The molecule has 1 aromatic carbocycles. The molecule has 0 saturated carbocycles. The topological polar surface area (TPSA) is 45.2 Å². The van der Waals surface area contributed by atoms with Gasteiger partial charge in [0.15, 0.2) is 0 Å². The fraction of sp³-hybridized carbons (Fsp3) is 0.400. The van der Waals surface area contributed by atoms with Gasteiger partial charge in [-0.15, -0.1) is 0 Å². The van der Waals surface area contributed by atoms with Gasteiger partial charge in [0.1, 0.15) is 0 Å². The van der Waals surface area contributed by atoms with Gasteiger partial charge in [-0.1, -0.05) is 30.3 Å². The van der Waals surface area contributed by atoms with E-state index in [9.17, 15) is 4.79 Å². The quantitative estimate of drug-likeness (QED) is 0.846. The molecule has 0 saturated heterocycles. The van der Waals surface area contributed by atoms with E-state index in [1.165, 1.54) is 0 Å². The summed E-state index contributed by atoms with van der Waals surface area (Å²) in [5.74, 6) is -0.0537. The lowest BCUT2D eigenvalue weighted by atomic mass is 10.1. The van der Waals surface area contributed by atoms with Crippen molar-refractivity contribution in [2.75, 3.05) is 13.1 Å². The van der Waals surface area contributed by atoms with E-state index in [1.54, 1.807) is 12.3 Å². The first kappa shape index (κ1) is 18.1. The van der Waals surface area contributed by atoms with E-state index in [-0.39, 0.29) is 5.91 Å². The molecule has 0 radical (unpaired) electrons. The van der Waals surface area contributed by atoms with Gasteiger partial charge in [-0.25, -0.2) is 0 Å². The van der Waals surface area contributed by atoms with Crippen molar-refractivity contribution in [1.29, 1.82) is 0 Å². The van der Waals surface area contributed by atoms with Gasteiger partial charge >= 0.3 is 0 Å². The van der Waals surface area contributed by atoms with E-state index < -0.39 is 0 Å². The molecule has 1 heterocycles. The van der Waals surface area contributed by atoms with E-state index in [1.807, 2.05) is 36.4 Å². The number of hydrogen-bond donors (Lipinski definition) is 1. The Bertz CT molecular complexity index is 645. The summed E-state index contributed by atoms with van der Waals surface area (Å²) in [7, 11) is 0. The van der Waals surface area contributed by atoms with Crippen LogP contribution in [-0.2, 0) is 0 Å². The Labute approximate surface area is 144 Å². The second kappa shape index (κ2) is 8.60. The number of carbonyl (C=O) groups excluding carboxylic acids is 1. The average molecular weight is 325 g/mol. The standard InChI is InChI=1S/C20H27N3O/c1-15(2)23(16(3)4)13-12-22-20(24)18-10-11-21-19(14-18)17-8-6-5-7-9-17/h5-11,14-16H,12-13H2,1-4H3,(H,22,24). The highest BCUT2D eigenvalue weighted by Crippen LogP contribution is 2.17. The molecule has 4 nitrogen and oxygen atoms in total. The third-order valence-electron chi connectivity index (χ3n) is 4.07. The Balaban J connectivity index is 1.98. The number of amides is 1.